The van der Waals surface area contributed by atoms with Crippen LogP contribution in [-0.2, 0) is 38.8 Å². The molecule has 0 aliphatic carbocycles. The van der Waals surface area contributed by atoms with Crippen LogP contribution < -0.4 is 10.6 Å². The van der Waals surface area contributed by atoms with Gasteiger partial charge in [-0.1, -0.05) is 97.2 Å². The van der Waals surface area contributed by atoms with E-state index >= 15 is 0 Å². The highest BCUT2D eigenvalue weighted by atomic mass is 35.5. The van der Waals surface area contributed by atoms with E-state index in [-0.39, 0.29) is 41.7 Å². The average molecular weight is 694 g/mol. The minimum Gasteiger partial charge on any atom is -0.392 e. The second-order valence-electron chi connectivity index (χ2n) is 12.2. The Kier molecular flexibility index (Phi) is 12.7. The zero-order valence-electron chi connectivity index (χ0n) is 27.2. The predicted octanol–water partition coefficient (Wildman–Crippen LogP) is 7.15. The molecule has 3 aromatic carbocycles. The number of nitrogens with one attached hydrogen (secondary N) is 2. The predicted molar refractivity (Wildman–Crippen MR) is 186 cm³/mol. The summed E-state index contributed by atoms with van der Waals surface area (Å²) in [5, 5.41) is 16.0. The van der Waals surface area contributed by atoms with Gasteiger partial charge in [-0.3, -0.25) is 9.59 Å². The largest absolute Gasteiger partial charge is 0.392 e. The van der Waals surface area contributed by atoms with E-state index < -0.39 is 6.29 Å². The van der Waals surface area contributed by atoms with Gasteiger partial charge in [0.15, 0.2) is 11.4 Å². The first-order chi connectivity index (χ1) is 23.2. The normalized spacial score (nSPS) is 19.2. The molecule has 1 fully saturated rings. The number of nitrogens with zero attached hydrogens (tertiary/aromatic N) is 2. The summed E-state index contributed by atoms with van der Waals surface area (Å²) in [6.07, 6.45) is 3.37. The van der Waals surface area contributed by atoms with Crippen LogP contribution in [-0.4, -0.2) is 39.1 Å². The highest BCUT2D eigenvalue weighted by Gasteiger charge is 2.39. The third-order valence-electron chi connectivity index (χ3n) is 8.60. The SMILES string of the molecule is CC(=O)NCCCCCC(=O)NCc1cccc(-c2cccc([C@@H]3O[C@H](Cn4cnc(Cl)c4Cl)[C@H](C)[C@H](c4ccc(CO)cc4)O3)c2)c1. The first-order valence-electron chi connectivity index (χ1n) is 16.3. The Balaban J connectivity index is 1.28. The third kappa shape index (κ3) is 9.45. The lowest BCUT2D eigenvalue weighted by atomic mass is 9.90. The van der Waals surface area contributed by atoms with Crippen LogP contribution >= 0.6 is 23.2 Å². The summed E-state index contributed by atoms with van der Waals surface area (Å²) < 4.78 is 15.1. The van der Waals surface area contributed by atoms with E-state index in [1.807, 2.05) is 60.7 Å². The van der Waals surface area contributed by atoms with Crippen molar-refractivity contribution in [3.8, 4) is 11.1 Å². The molecule has 1 aromatic heterocycles. The van der Waals surface area contributed by atoms with Gasteiger partial charge in [-0.15, -0.1) is 0 Å². The van der Waals surface area contributed by atoms with E-state index in [1.54, 1.807) is 10.9 Å². The summed E-state index contributed by atoms with van der Waals surface area (Å²) in [6, 6.07) is 24.0. The Morgan fingerprint density at radius 3 is 2.35 bits per heavy atom. The first-order valence-corrected chi connectivity index (χ1v) is 17.0. The number of unbranched alkanes of at least 4 members (excludes halogenated alkanes) is 2. The van der Waals surface area contributed by atoms with Crippen molar-refractivity contribution >= 4 is 35.0 Å². The molecule has 3 N–H and O–H groups in total. The highest BCUT2D eigenvalue weighted by Crippen LogP contribution is 2.43. The molecule has 1 aliphatic rings. The number of carbonyl (C=O) groups excluding carboxylic acids is 2. The number of aromatic nitrogens is 2. The number of halogens is 2. The molecule has 254 valence electrons. The van der Waals surface area contributed by atoms with Gasteiger partial charge in [0.05, 0.1) is 31.7 Å². The van der Waals surface area contributed by atoms with Gasteiger partial charge in [-0.05, 0) is 52.8 Å². The van der Waals surface area contributed by atoms with E-state index in [2.05, 4.69) is 34.7 Å². The average Bonchev–Trinajstić information content (AvgIpc) is 3.42. The molecule has 1 saturated heterocycles. The topological polar surface area (TPSA) is 115 Å². The maximum atomic E-state index is 12.4. The Hall–Kier alpha value is -3.73. The Morgan fingerprint density at radius 2 is 1.65 bits per heavy atom. The van der Waals surface area contributed by atoms with Gasteiger partial charge in [0.2, 0.25) is 11.8 Å². The van der Waals surface area contributed by atoms with Crippen LogP contribution in [0.15, 0.2) is 79.1 Å². The molecule has 5 rings (SSSR count). The Morgan fingerprint density at radius 1 is 0.896 bits per heavy atom. The summed E-state index contributed by atoms with van der Waals surface area (Å²) >= 11 is 12.6. The number of hydrogen-bond donors (Lipinski definition) is 3. The molecule has 0 saturated carbocycles. The van der Waals surface area contributed by atoms with Crippen molar-refractivity contribution in [1.82, 2.24) is 20.2 Å². The summed E-state index contributed by atoms with van der Waals surface area (Å²) in [7, 11) is 0. The summed E-state index contributed by atoms with van der Waals surface area (Å²) in [6.45, 7) is 5.08. The van der Waals surface area contributed by atoms with E-state index in [0.29, 0.717) is 31.2 Å². The number of aliphatic hydroxyl groups excluding tert-OH is 1. The van der Waals surface area contributed by atoms with Crippen LogP contribution in [0.25, 0.3) is 11.1 Å². The minimum atomic E-state index is -0.660. The highest BCUT2D eigenvalue weighted by molar-refractivity contribution is 6.40. The van der Waals surface area contributed by atoms with Gasteiger partial charge in [-0.25, -0.2) is 4.98 Å². The standard InChI is InChI=1S/C37H42Cl2N4O5/c1-24-32(21-43-23-42-35(38)36(43)39)47-37(48-34(24)28-15-13-26(22-44)14-16-28)31-11-7-10-30(19-31)29-9-6-8-27(18-29)20-41-33(46)12-4-3-5-17-40-25(2)45/h6-11,13-16,18-19,23-24,32,34,37,44H,3-5,12,17,20-22H2,1-2H3,(H,40,45)(H,41,46)/t24-,32+,34+,37+/m0/s1. The van der Waals surface area contributed by atoms with Gasteiger partial charge in [0.25, 0.3) is 0 Å². The first kappa shape index (κ1) is 35.6. The van der Waals surface area contributed by atoms with Crippen molar-refractivity contribution < 1.29 is 24.2 Å². The van der Waals surface area contributed by atoms with E-state index in [1.165, 1.54) is 6.92 Å². The van der Waals surface area contributed by atoms with Crippen molar-refractivity contribution in [2.75, 3.05) is 6.54 Å². The summed E-state index contributed by atoms with van der Waals surface area (Å²) in [5.41, 5.74) is 5.69. The van der Waals surface area contributed by atoms with Crippen molar-refractivity contribution in [3.63, 3.8) is 0 Å². The van der Waals surface area contributed by atoms with Gasteiger partial charge >= 0.3 is 0 Å². The maximum absolute atomic E-state index is 12.4. The van der Waals surface area contributed by atoms with Crippen LogP contribution in [0.1, 0.15) is 74.2 Å². The lowest BCUT2D eigenvalue weighted by molar-refractivity contribution is -0.276. The number of amides is 2. The molecule has 9 nitrogen and oxygen atoms in total. The summed E-state index contributed by atoms with van der Waals surface area (Å²) in [5.74, 6) is -0.0660. The molecule has 1 aliphatic heterocycles. The number of benzene rings is 3. The quantitative estimate of drug-likeness (QED) is 0.121. The molecular weight excluding hydrogens is 651 g/mol. The fraction of sp³-hybridized carbons (Fsp3) is 0.378. The lowest BCUT2D eigenvalue weighted by Gasteiger charge is -2.41. The molecular formula is C37H42Cl2N4O5. The molecule has 11 heteroatoms. The number of carbonyl (C=O) groups is 2. The van der Waals surface area contributed by atoms with E-state index in [4.69, 9.17) is 32.7 Å². The van der Waals surface area contributed by atoms with Crippen molar-refractivity contribution in [2.24, 2.45) is 5.92 Å². The molecule has 0 radical (unpaired) electrons. The maximum Gasteiger partial charge on any atom is 0.220 e. The van der Waals surface area contributed by atoms with Crippen LogP contribution in [0.2, 0.25) is 10.3 Å². The number of hydrogen-bond acceptors (Lipinski definition) is 6. The van der Waals surface area contributed by atoms with Crippen LogP contribution in [0.4, 0.5) is 0 Å². The molecule has 4 aromatic rings. The molecule has 0 unspecified atom stereocenters. The van der Waals surface area contributed by atoms with Gasteiger partial charge in [-0.2, -0.15) is 0 Å². The van der Waals surface area contributed by atoms with Crippen LogP contribution in [0.5, 0.6) is 0 Å². The molecule has 48 heavy (non-hydrogen) atoms. The number of rotatable bonds is 14. The molecule has 2 amide bonds. The fourth-order valence-electron chi connectivity index (χ4n) is 5.86. The zero-order valence-corrected chi connectivity index (χ0v) is 28.7. The second-order valence-corrected chi connectivity index (χ2v) is 12.9. The smallest absolute Gasteiger partial charge is 0.220 e. The Bertz CT molecular complexity index is 1680. The van der Waals surface area contributed by atoms with Gasteiger partial charge in [0, 0.05) is 37.9 Å². The van der Waals surface area contributed by atoms with E-state index in [9.17, 15) is 14.7 Å². The third-order valence-corrected chi connectivity index (χ3v) is 9.37. The number of imidazole rings is 1. The fourth-order valence-corrected chi connectivity index (χ4v) is 6.17. The molecule has 0 spiro atoms. The Labute approximate surface area is 291 Å². The summed E-state index contributed by atoms with van der Waals surface area (Å²) in [4.78, 5) is 27.5. The number of aliphatic hydroxyl groups is 1. The zero-order chi connectivity index (χ0) is 34.0. The van der Waals surface area contributed by atoms with E-state index in [0.717, 1.165) is 52.6 Å². The van der Waals surface area contributed by atoms with Gasteiger partial charge in [0.1, 0.15) is 5.15 Å². The number of ether oxygens (including phenoxy) is 2. The monoisotopic (exact) mass is 692 g/mol. The van der Waals surface area contributed by atoms with Crippen molar-refractivity contribution in [1.29, 1.82) is 0 Å². The van der Waals surface area contributed by atoms with Gasteiger partial charge < -0.3 is 29.8 Å². The molecule has 0 bridgehead atoms. The van der Waals surface area contributed by atoms with Crippen LogP contribution in [0, 0.1) is 5.92 Å². The van der Waals surface area contributed by atoms with Crippen molar-refractivity contribution in [2.45, 2.75) is 77.7 Å². The minimum absolute atomic E-state index is 0.0112. The second kappa shape index (κ2) is 17.1. The van der Waals surface area contributed by atoms with Crippen molar-refractivity contribution in [3.05, 3.63) is 112 Å². The van der Waals surface area contributed by atoms with Crippen LogP contribution in [0.3, 0.4) is 0 Å². The molecule has 4 atom stereocenters. The molecule has 2 heterocycles. The lowest BCUT2D eigenvalue weighted by Crippen LogP contribution is -2.39.